The summed E-state index contributed by atoms with van der Waals surface area (Å²) in [5, 5.41) is 10.3. The van der Waals surface area contributed by atoms with Gasteiger partial charge in [0.1, 0.15) is 0 Å². The van der Waals surface area contributed by atoms with Crippen LogP contribution in [0.1, 0.15) is 0 Å². The fourth-order valence-corrected chi connectivity index (χ4v) is 7.15. The van der Waals surface area contributed by atoms with E-state index in [0.717, 1.165) is 5.69 Å². The molecule has 0 aliphatic carbocycles. The topological polar surface area (TPSA) is 3.24 Å². The Morgan fingerprint density at radius 2 is 1.00 bits per heavy atom. The van der Waals surface area contributed by atoms with Crippen LogP contribution in [0.5, 0.6) is 0 Å². The van der Waals surface area contributed by atoms with Crippen LogP contribution >= 0.6 is 11.3 Å². The molecule has 0 fully saturated rings. The normalized spacial score (nSPS) is 11.7. The first-order chi connectivity index (χ1) is 18.9. The molecular formula is C36H23NS. The molecule has 1 nitrogen and oxygen atoms in total. The van der Waals surface area contributed by atoms with Crippen LogP contribution in [0.15, 0.2) is 140 Å². The number of anilines is 3. The molecule has 38 heavy (non-hydrogen) atoms. The molecular weight excluding hydrogens is 478 g/mol. The number of thiophene rings is 1. The van der Waals surface area contributed by atoms with Crippen molar-refractivity contribution in [2.45, 2.75) is 0 Å². The van der Waals surface area contributed by atoms with Gasteiger partial charge in [0.2, 0.25) is 0 Å². The summed E-state index contributed by atoms with van der Waals surface area (Å²) in [6.45, 7) is 0. The van der Waals surface area contributed by atoms with Crippen molar-refractivity contribution >= 4 is 80.9 Å². The summed E-state index contributed by atoms with van der Waals surface area (Å²) in [6, 6.07) is 50.7. The molecule has 1 heterocycles. The van der Waals surface area contributed by atoms with Crippen LogP contribution in [-0.2, 0) is 0 Å². The number of benzene rings is 7. The number of nitrogens with zero attached hydrogens (tertiary/aromatic N) is 1. The van der Waals surface area contributed by atoms with Crippen molar-refractivity contribution in [3.05, 3.63) is 140 Å². The maximum Gasteiger partial charge on any atom is 0.0546 e. The molecule has 2 heteroatoms. The van der Waals surface area contributed by atoms with Gasteiger partial charge in [-0.1, -0.05) is 109 Å². The third-order valence-corrected chi connectivity index (χ3v) is 8.84. The van der Waals surface area contributed by atoms with Crippen molar-refractivity contribution in [2.24, 2.45) is 0 Å². The van der Waals surface area contributed by atoms with Gasteiger partial charge < -0.3 is 4.90 Å². The van der Waals surface area contributed by atoms with Crippen molar-refractivity contribution in [3.63, 3.8) is 0 Å². The van der Waals surface area contributed by atoms with E-state index in [1.54, 1.807) is 0 Å². The zero-order chi connectivity index (χ0) is 25.1. The lowest BCUT2D eigenvalue weighted by molar-refractivity contribution is 1.32. The maximum atomic E-state index is 2.44. The van der Waals surface area contributed by atoms with E-state index in [9.17, 15) is 0 Å². The monoisotopic (exact) mass is 501 g/mol. The van der Waals surface area contributed by atoms with Gasteiger partial charge in [0.15, 0.2) is 0 Å². The maximum absolute atomic E-state index is 2.44. The van der Waals surface area contributed by atoms with Crippen molar-refractivity contribution in [1.29, 1.82) is 0 Å². The molecule has 8 aromatic rings. The van der Waals surface area contributed by atoms with Gasteiger partial charge in [-0.15, -0.1) is 11.3 Å². The number of para-hydroxylation sites is 1. The van der Waals surface area contributed by atoms with Crippen molar-refractivity contribution in [3.8, 4) is 0 Å². The van der Waals surface area contributed by atoms with E-state index < -0.39 is 0 Å². The van der Waals surface area contributed by atoms with Gasteiger partial charge >= 0.3 is 0 Å². The molecule has 0 aliphatic rings. The van der Waals surface area contributed by atoms with E-state index in [0.29, 0.717) is 0 Å². The van der Waals surface area contributed by atoms with E-state index in [1.165, 1.54) is 63.9 Å². The first kappa shape index (κ1) is 21.4. The molecule has 0 saturated heterocycles. The Labute approximate surface area is 224 Å². The smallest absolute Gasteiger partial charge is 0.0546 e. The van der Waals surface area contributed by atoms with Crippen LogP contribution in [0.2, 0.25) is 0 Å². The van der Waals surface area contributed by atoms with Gasteiger partial charge in [0.05, 0.1) is 11.4 Å². The predicted molar refractivity (Wildman–Crippen MR) is 167 cm³/mol. The molecule has 8 rings (SSSR count). The summed E-state index contributed by atoms with van der Waals surface area (Å²) in [7, 11) is 0. The Bertz CT molecular complexity index is 2140. The molecule has 0 aliphatic heterocycles. The first-order valence-corrected chi connectivity index (χ1v) is 13.8. The van der Waals surface area contributed by atoms with Gasteiger partial charge in [-0.3, -0.25) is 0 Å². The standard InChI is InChI=1S/C36H23NS/c1-2-12-25(13-3-1)37(34-23-24-11-4-5-14-26(24)27-15-6-7-16-28(27)34)33-19-10-18-31-29(33)21-22-32-30-17-8-9-20-35(30)38-36(31)32/h1-23H. The second kappa shape index (κ2) is 8.44. The highest BCUT2D eigenvalue weighted by Crippen LogP contribution is 2.46. The minimum absolute atomic E-state index is 1.15. The number of hydrogen-bond acceptors (Lipinski definition) is 2. The minimum Gasteiger partial charge on any atom is -0.309 e. The summed E-state index contributed by atoms with van der Waals surface area (Å²) >= 11 is 1.89. The number of fused-ring (bicyclic) bond motifs is 8. The summed E-state index contributed by atoms with van der Waals surface area (Å²) < 4.78 is 2.68. The average molecular weight is 502 g/mol. The summed E-state index contributed by atoms with van der Waals surface area (Å²) in [5.74, 6) is 0. The zero-order valence-electron chi connectivity index (χ0n) is 20.6. The van der Waals surface area contributed by atoms with Gasteiger partial charge in [-0.2, -0.15) is 0 Å². The second-order valence-corrected chi connectivity index (χ2v) is 10.8. The number of rotatable bonds is 3. The highest BCUT2D eigenvalue weighted by molar-refractivity contribution is 7.26. The Morgan fingerprint density at radius 1 is 0.395 bits per heavy atom. The van der Waals surface area contributed by atoms with Crippen LogP contribution in [0.4, 0.5) is 17.1 Å². The van der Waals surface area contributed by atoms with E-state index in [1.807, 2.05) is 11.3 Å². The van der Waals surface area contributed by atoms with Crippen LogP contribution in [-0.4, -0.2) is 0 Å². The Hall–Kier alpha value is -4.66. The van der Waals surface area contributed by atoms with Crippen LogP contribution in [0.25, 0.3) is 52.5 Å². The Morgan fingerprint density at radius 3 is 1.87 bits per heavy atom. The molecule has 0 amide bonds. The molecule has 7 aromatic carbocycles. The molecule has 0 unspecified atom stereocenters. The Balaban J connectivity index is 1.48. The average Bonchev–Trinajstić information content (AvgIpc) is 3.37. The van der Waals surface area contributed by atoms with E-state index in [-0.39, 0.29) is 0 Å². The molecule has 0 bridgehead atoms. The van der Waals surface area contributed by atoms with Crippen molar-refractivity contribution in [1.82, 2.24) is 0 Å². The highest BCUT2D eigenvalue weighted by atomic mass is 32.1. The van der Waals surface area contributed by atoms with Gasteiger partial charge in [-0.25, -0.2) is 0 Å². The van der Waals surface area contributed by atoms with E-state index in [2.05, 4.69) is 144 Å². The van der Waals surface area contributed by atoms with Crippen LogP contribution in [0.3, 0.4) is 0 Å². The van der Waals surface area contributed by atoms with Crippen molar-refractivity contribution < 1.29 is 0 Å². The summed E-state index contributed by atoms with van der Waals surface area (Å²) in [5.41, 5.74) is 3.53. The Kier molecular flexibility index (Phi) is 4.76. The van der Waals surface area contributed by atoms with Crippen molar-refractivity contribution in [2.75, 3.05) is 4.90 Å². The van der Waals surface area contributed by atoms with Gasteiger partial charge in [-0.05, 0) is 46.5 Å². The highest BCUT2D eigenvalue weighted by Gasteiger charge is 2.20. The molecule has 0 atom stereocenters. The molecule has 0 spiro atoms. The van der Waals surface area contributed by atoms with Crippen LogP contribution < -0.4 is 4.90 Å². The molecule has 0 saturated carbocycles. The lowest BCUT2D eigenvalue weighted by atomic mass is 9.98. The molecule has 0 radical (unpaired) electrons. The predicted octanol–water partition coefficient (Wildman–Crippen LogP) is 11.0. The largest absolute Gasteiger partial charge is 0.309 e. The van der Waals surface area contributed by atoms with Crippen LogP contribution in [0, 0.1) is 0 Å². The lowest BCUT2D eigenvalue weighted by Gasteiger charge is -2.28. The zero-order valence-corrected chi connectivity index (χ0v) is 21.5. The summed E-state index contributed by atoms with van der Waals surface area (Å²) in [6.07, 6.45) is 0. The fraction of sp³-hybridized carbons (Fsp3) is 0. The molecule has 1 aromatic heterocycles. The lowest BCUT2D eigenvalue weighted by Crippen LogP contribution is -2.11. The third-order valence-electron chi connectivity index (χ3n) is 7.62. The van der Waals surface area contributed by atoms with Gasteiger partial charge in [0.25, 0.3) is 0 Å². The third kappa shape index (κ3) is 3.17. The van der Waals surface area contributed by atoms with E-state index in [4.69, 9.17) is 0 Å². The molecule has 178 valence electrons. The van der Waals surface area contributed by atoms with E-state index >= 15 is 0 Å². The second-order valence-electron chi connectivity index (χ2n) is 9.75. The quantitative estimate of drug-likeness (QED) is 0.218. The minimum atomic E-state index is 1.15. The SMILES string of the molecule is c1ccc(N(c2cc3ccccc3c3ccccc23)c2cccc3c2ccc2c4ccccc4sc32)cc1. The first-order valence-electron chi connectivity index (χ1n) is 13.0. The summed E-state index contributed by atoms with van der Waals surface area (Å²) in [4.78, 5) is 2.44. The molecule has 0 N–H and O–H groups in total. The van der Waals surface area contributed by atoms with Gasteiger partial charge in [0, 0.05) is 42.0 Å². The fourth-order valence-electron chi connectivity index (χ4n) is 5.92. The number of hydrogen-bond donors (Lipinski definition) is 0.